The molecule has 0 aromatic heterocycles. The molecule has 37 heavy (non-hydrogen) atoms. The quantitative estimate of drug-likeness (QED) is 0.129. The van der Waals surface area contributed by atoms with Gasteiger partial charge in [-0.15, -0.1) is 0 Å². The van der Waals surface area contributed by atoms with E-state index in [1.165, 1.54) is 12.8 Å². The molecule has 0 radical (unpaired) electrons. The number of ether oxygens (including phenoxy) is 2. The lowest BCUT2D eigenvalue weighted by Crippen LogP contribution is -2.25. The van der Waals surface area contributed by atoms with Gasteiger partial charge in [-0.25, -0.2) is 0 Å². The molecule has 2 atom stereocenters. The van der Waals surface area contributed by atoms with E-state index in [0.29, 0.717) is 23.7 Å². The molecule has 0 saturated carbocycles. The third kappa shape index (κ3) is 10.3. The third-order valence-electron chi connectivity index (χ3n) is 6.10. The highest BCUT2D eigenvalue weighted by Gasteiger charge is 2.15. The van der Waals surface area contributed by atoms with Gasteiger partial charge in [0.05, 0.1) is 0 Å². The van der Waals surface area contributed by atoms with Crippen molar-refractivity contribution in [3.63, 3.8) is 0 Å². The van der Waals surface area contributed by atoms with Crippen molar-refractivity contribution in [3.05, 3.63) is 94.5 Å². The van der Waals surface area contributed by atoms with Crippen LogP contribution >= 0.6 is 11.6 Å². The summed E-state index contributed by atoms with van der Waals surface area (Å²) in [6.07, 6.45) is 3.26. The van der Waals surface area contributed by atoms with Crippen LogP contribution in [-0.2, 0) is 6.61 Å². The Morgan fingerprint density at radius 2 is 1.41 bits per heavy atom. The minimum absolute atomic E-state index is 0.110. The molecular formula is C30H38ClNO5. The van der Waals surface area contributed by atoms with Gasteiger partial charge in [0.2, 0.25) is 0 Å². The molecule has 200 valence electrons. The van der Waals surface area contributed by atoms with Crippen LogP contribution in [0, 0.1) is 0 Å². The van der Waals surface area contributed by atoms with Gasteiger partial charge in [0, 0.05) is 18.0 Å². The number of unbranched alkanes of at least 4 members (excludes halogenated alkanes) is 3. The Labute approximate surface area is 224 Å². The Hall–Kier alpha value is -2.61. The summed E-state index contributed by atoms with van der Waals surface area (Å²) >= 11 is 5.94. The van der Waals surface area contributed by atoms with Crippen molar-refractivity contribution in [2.75, 3.05) is 6.54 Å². The first-order chi connectivity index (χ1) is 17.9. The van der Waals surface area contributed by atoms with Crippen molar-refractivity contribution >= 4 is 11.6 Å². The number of nitrogens with one attached hydrogen (secondary N) is 1. The van der Waals surface area contributed by atoms with Crippen LogP contribution in [0.3, 0.4) is 0 Å². The van der Waals surface area contributed by atoms with E-state index < -0.39 is 12.5 Å². The Morgan fingerprint density at radius 1 is 0.757 bits per heavy atom. The van der Waals surface area contributed by atoms with Gasteiger partial charge in [0.15, 0.2) is 6.29 Å². The molecule has 0 spiro atoms. The number of aliphatic hydroxyl groups is 3. The Balaban J connectivity index is 1.61. The smallest absolute Gasteiger partial charge is 0.152 e. The van der Waals surface area contributed by atoms with Crippen molar-refractivity contribution in [3.8, 4) is 11.5 Å². The maximum absolute atomic E-state index is 10.3. The molecule has 7 heteroatoms. The lowest BCUT2D eigenvalue weighted by atomic mass is 10.0. The Morgan fingerprint density at radius 3 is 2.05 bits per heavy atom. The summed E-state index contributed by atoms with van der Waals surface area (Å²) < 4.78 is 12.3. The second kappa shape index (κ2) is 15.6. The van der Waals surface area contributed by atoms with Gasteiger partial charge in [-0.05, 0) is 65.9 Å². The SMILES string of the molecule is CCCCCCC(Oc1ccc(OCc2ccc(Cl)cc2)cc1)c1ccc(C(O)NCCC(O)O)cc1. The number of rotatable bonds is 16. The van der Waals surface area contributed by atoms with E-state index >= 15 is 0 Å². The first kappa shape index (κ1) is 29.0. The number of hydrogen-bond acceptors (Lipinski definition) is 6. The van der Waals surface area contributed by atoms with Gasteiger partial charge >= 0.3 is 0 Å². The molecule has 0 aliphatic carbocycles. The normalized spacial score (nSPS) is 12.9. The number of aliphatic hydroxyl groups excluding tert-OH is 2. The zero-order valence-electron chi connectivity index (χ0n) is 21.4. The fourth-order valence-electron chi connectivity index (χ4n) is 3.94. The molecule has 0 bridgehead atoms. The van der Waals surface area contributed by atoms with E-state index in [4.69, 9.17) is 31.3 Å². The van der Waals surface area contributed by atoms with Crippen molar-refractivity contribution in [2.45, 2.75) is 70.7 Å². The summed E-state index contributed by atoms with van der Waals surface area (Å²) in [5, 5.41) is 31.8. The molecule has 0 saturated heterocycles. The van der Waals surface area contributed by atoms with Crippen molar-refractivity contribution in [2.24, 2.45) is 0 Å². The maximum atomic E-state index is 10.3. The summed E-state index contributed by atoms with van der Waals surface area (Å²) in [6.45, 7) is 2.96. The van der Waals surface area contributed by atoms with Crippen LogP contribution in [0.25, 0.3) is 0 Å². The summed E-state index contributed by atoms with van der Waals surface area (Å²) in [4.78, 5) is 0. The molecule has 0 amide bonds. The standard InChI is InChI=1S/C30H38ClNO5/c1-2-3-4-5-6-28(23-9-11-24(12-10-23)30(35)32-20-19-29(33)34)37-27-17-15-26(16-18-27)36-21-22-7-13-25(31)14-8-22/h7-18,28-30,32-35H,2-6,19-21H2,1H3. The summed E-state index contributed by atoms with van der Waals surface area (Å²) in [6, 6.07) is 23.0. The van der Waals surface area contributed by atoms with E-state index in [0.717, 1.165) is 41.9 Å². The second-order valence-electron chi connectivity index (χ2n) is 9.13. The van der Waals surface area contributed by atoms with Gasteiger partial charge < -0.3 is 24.8 Å². The maximum Gasteiger partial charge on any atom is 0.152 e. The zero-order valence-corrected chi connectivity index (χ0v) is 22.1. The number of hydrogen-bond donors (Lipinski definition) is 4. The van der Waals surface area contributed by atoms with Crippen molar-refractivity contribution in [1.82, 2.24) is 5.32 Å². The Bertz CT molecular complexity index is 1030. The molecular weight excluding hydrogens is 490 g/mol. The molecule has 2 unspecified atom stereocenters. The molecule has 3 aromatic rings. The van der Waals surface area contributed by atoms with Crippen molar-refractivity contribution in [1.29, 1.82) is 0 Å². The highest BCUT2D eigenvalue weighted by molar-refractivity contribution is 6.30. The highest BCUT2D eigenvalue weighted by atomic mass is 35.5. The van der Waals surface area contributed by atoms with E-state index in [9.17, 15) is 5.11 Å². The van der Waals surface area contributed by atoms with E-state index in [1.807, 2.05) is 72.8 Å². The van der Waals surface area contributed by atoms with Crippen molar-refractivity contribution < 1.29 is 24.8 Å². The van der Waals surface area contributed by atoms with Crippen LogP contribution in [0.5, 0.6) is 11.5 Å². The third-order valence-corrected chi connectivity index (χ3v) is 6.36. The summed E-state index contributed by atoms with van der Waals surface area (Å²) in [5.74, 6) is 1.54. The highest BCUT2D eigenvalue weighted by Crippen LogP contribution is 2.29. The lowest BCUT2D eigenvalue weighted by molar-refractivity contribution is -0.0465. The fraction of sp³-hybridized carbons (Fsp3) is 0.400. The summed E-state index contributed by atoms with van der Waals surface area (Å²) in [7, 11) is 0. The molecule has 4 N–H and O–H groups in total. The topological polar surface area (TPSA) is 91.2 Å². The molecule has 0 heterocycles. The van der Waals surface area contributed by atoms with Gasteiger partial charge in [-0.2, -0.15) is 0 Å². The minimum atomic E-state index is -1.39. The van der Waals surface area contributed by atoms with E-state index in [1.54, 1.807) is 0 Å². The molecule has 0 fully saturated rings. The largest absolute Gasteiger partial charge is 0.489 e. The van der Waals surface area contributed by atoms with Gasteiger partial charge in [0.1, 0.15) is 30.4 Å². The van der Waals surface area contributed by atoms with Gasteiger partial charge in [-0.1, -0.05) is 74.2 Å². The predicted octanol–water partition coefficient (Wildman–Crippen LogP) is 6.29. The summed E-state index contributed by atoms with van der Waals surface area (Å²) in [5.41, 5.74) is 2.80. The molecule has 6 nitrogen and oxygen atoms in total. The van der Waals surface area contributed by atoms with Gasteiger partial charge in [-0.3, -0.25) is 5.32 Å². The average molecular weight is 528 g/mol. The van der Waals surface area contributed by atoms with Crippen LogP contribution < -0.4 is 14.8 Å². The molecule has 3 aromatic carbocycles. The molecule has 0 aliphatic heterocycles. The number of benzene rings is 3. The van der Waals surface area contributed by atoms with E-state index in [2.05, 4.69) is 12.2 Å². The first-order valence-corrected chi connectivity index (χ1v) is 13.3. The minimum Gasteiger partial charge on any atom is -0.489 e. The monoisotopic (exact) mass is 527 g/mol. The molecule has 3 rings (SSSR count). The number of halogens is 1. The van der Waals surface area contributed by atoms with Crippen LogP contribution in [0.4, 0.5) is 0 Å². The second-order valence-corrected chi connectivity index (χ2v) is 9.57. The first-order valence-electron chi connectivity index (χ1n) is 13.0. The predicted molar refractivity (Wildman–Crippen MR) is 147 cm³/mol. The fourth-order valence-corrected chi connectivity index (χ4v) is 4.06. The average Bonchev–Trinajstić information content (AvgIpc) is 2.90. The van der Waals surface area contributed by atoms with Crippen LogP contribution in [0.15, 0.2) is 72.8 Å². The van der Waals surface area contributed by atoms with Crippen LogP contribution in [0.1, 0.15) is 74.5 Å². The molecule has 0 aliphatic rings. The lowest BCUT2D eigenvalue weighted by Gasteiger charge is -2.21. The zero-order chi connectivity index (χ0) is 26.5. The Kier molecular flexibility index (Phi) is 12.2. The van der Waals surface area contributed by atoms with Crippen LogP contribution in [-0.4, -0.2) is 28.2 Å². The van der Waals surface area contributed by atoms with E-state index in [-0.39, 0.29) is 12.5 Å². The van der Waals surface area contributed by atoms with Gasteiger partial charge in [0.25, 0.3) is 0 Å². The van der Waals surface area contributed by atoms with Crippen LogP contribution in [0.2, 0.25) is 5.02 Å².